The molecule has 0 spiro atoms. The van der Waals surface area contributed by atoms with Crippen LogP contribution in [-0.2, 0) is 10.0 Å². The number of nitrogens with one attached hydrogen (secondary N) is 1. The highest BCUT2D eigenvalue weighted by atomic mass is 32.2. The van der Waals surface area contributed by atoms with Gasteiger partial charge in [0.25, 0.3) is 15.9 Å². The molecule has 0 saturated heterocycles. The number of furan rings is 1. The Labute approximate surface area is 135 Å². The van der Waals surface area contributed by atoms with E-state index in [0.29, 0.717) is 5.89 Å². The molecular weight excluding hydrogens is 318 g/mol. The number of nitrogens with zero attached hydrogens (tertiary/aromatic N) is 2. The first-order valence-corrected chi connectivity index (χ1v) is 9.40. The first-order chi connectivity index (χ1) is 11.0. The van der Waals surface area contributed by atoms with Crippen LogP contribution in [0.25, 0.3) is 11.7 Å². The largest absolute Gasteiger partial charge is 0.438 e. The van der Waals surface area contributed by atoms with E-state index in [2.05, 4.69) is 14.9 Å². The molecule has 0 radical (unpaired) electrons. The van der Waals surface area contributed by atoms with Crippen molar-refractivity contribution in [3.8, 4) is 11.7 Å². The van der Waals surface area contributed by atoms with Gasteiger partial charge in [-0.05, 0) is 25.0 Å². The highest BCUT2D eigenvalue weighted by Gasteiger charge is 2.25. The van der Waals surface area contributed by atoms with Crippen LogP contribution in [0.15, 0.2) is 26.1 Å². The Morgan fingerprint density at radius 2 is 1.87 bits per heavy atom. The monoisotopic (exact) mass is 339 g/mol. The van der Waals surface area contributed by atoms with Gasteiger partial charge in [-0.1, -0.05) is 33.1 Å². The fourth-order valence-corrected chi connectivity index (χ4v) is 3.88. The average molecular weight is 339 g/mol. The topological polar surface area (TPSA) is 98.2 Å². The van der Waals surface area contributed by atoms with E-state index in [-0.39, 0.29) is 28.7 Å². The van der Waals surface area contributed by atoms with Crippen LogP contribution in [0.3, 0.4) is 0 Å². The molecular formula is C15H21N3O4S. The van der Waals surface area contributed by atoms with E-state index in [4.69, 9.17) is 8.83 Å². The van der Waals surface area contributed by atoms with Crippen LogP contribution < -0.4 is 4.72 Å². The van der Waals surface area contributed by atoms with Gasteiger partial charge in [-0.2, -0.15) is 0 Å². The molecule has 1 aliphatic carbocycles. The van der Waals surface area contributed by atoms with Crippen molar-refractivity contribution >= 4 is 10.0 Å². The van der Waals surface area contributed by atoms with Crippen molar-refractivity contribution in [3.05, 3.63) is 18.0 Å². The summed E-state index contributed by atoms with van der Waals surface area (Å²) in [7, 11) is -3.66. The van der Waals surface area contributed by atoms with Gasteiger partial charge >= 0.3 is 0 Å². The first-order valence-electron chi connectivity index (χ1n) is 7.91. The molecule has 0 bridgehead atoms. The second-order valence-electron chi connectivity index (χ2n) is 6.18. The molecule has 23 heavy (non-hydrogen) atoms. The molecule has 2 aromatic rings. The smallest absolute Gasteiger partial charge is 0.283 e. The zero-order chi connectivity index (χ0) is 16.4. The molecule has 0 aliphatic heterocycles. The predicted octanol–water partition coefficient (Wildman–Crippen LogP) is 3.06. The Hall–Kier alpha value is -1.67. The molecule has 0 atom stereocenters. The maximum absolute atomic E-state index is 12.4. The summed E-state index contributed by atoms with van der Waals surface area (Å²) >= 11 is 0. The summed E-state index contributed by atoms with van der Waals surface area (Å²) in [6.45, 7) is 3.87. The summed E-state index contributed by atoms with van der Waals surface area (Å²) in [4.78, 5) is 0. The van der Waals surface area contributed by atoms with Gasteiger partial charge in [0.2, 0.25) is 11.0 Å². The number of sulfonamides is 1. The van der Waals surface area contributed by atoms with Crippen molar-refractivity contribution < 1.29 is 17.3 Å². The van der Waals surface area contributed by atoms with Gasteiger partial charge in [-0.3, -0.25) is 0 Å². The number of rotatable bonds is 5. The van der Waals surface area contributed by atoms with Crippen LogP contribution in [0, 0.1) is 0 Å². The molecule has 3 rings (SSSR count). The fraction of sp³-hybridized carbons (Fsp3) is 0.600. The SMILES string of the molecule is CC(C)c1nnc(-c2ccc(S(=O)(=O)NC3CCCCC3)o2)o1. The summed E-state index contributed by atoms with van der Waals surface area (Å²) in [6.07, 6.45) is 5.01. The fourth-order valence-electron chi connectivity index (χ4n) is 2.64. The van der Waals surface area contributed by atoms with Crippen molar-refractivity contribution in [1.82, 2.24) is 14.9 Å². The summed E-state index contributed by atoms with van der Waals surface area (Å²) in [5.74, 6) is 1.03. The molecule has 0 aromatic carbocycles. The standard InChI is InChI=1S/C15H21N3O4S/c1-10(2)14-16-17-15(22-14)12-8-9-13(21-12)23(19,20)18-11-6-4-3-5-7-11/h8-11,18H,3-7H2,1-2H3. The highest BCUT2D eigenvalue weighted by molar-refractivity contribution is 7.89. The minimum Gasteiger partial charge on any atom is -0.438 e. The molecule has 1 fully saturated rings. The maximum Gasteiger partial charge on any atom is 0.283 e. The van der Waals surface area contributed by atoms with E-state index in [1.807, 2.05) is 13.8 Å². The van der Waals surface area contributed by atoms with Crippen LogP contribution in [0.2, 0.25) is 0 Å². The maximum atomic E-state index is 12.4. The molecule has 0 unspecified atom stereocenters. The summed E-state index contributed by atoms with van der Waals surface area (Å²) < 4.78 is 38.4. The van der Waals surface area contributed by atoms with Gasteiger partial charge in [0.05, 0.1) is 0 Å². The van der Waals surface area contributed by atoms with Gasteiger partial charge in [0, 0.05) is 12.0 Å². The molecule has 1 N–H and O–H groups in total. The molecule has 1 saturated carbocycles. The predicted molar refractivity (Wildman–Crippen MR) is 83.3 cm³/mol. The minimum atomic E-state index is -3.66. The second-order valence-corrected chi connectivity index (χ2v) is 7.82. The first kappa shape index (κ1) is 16.2. The molecule has 0 amide bonds. The molecule has 126 valence electrons. The van der Waals surface area contributed by atoms with Gasteiger partial charge < -0.3 is 8.83 Å². The van der Waals surface area contributed by atoms with Gasteiger partial charge in [-0.15, -0.1) is 10.2 Å². The Bertz CT molecular complexity index is 757. The van der Waals surface area contributed by atoms with E-state index in [9.17, 15) is 8.42 Å². The summed E-state index contributed by atoms with van der Waals surface area (Å²) in [6, 6.07) is 2.94. The molecule has 1 aliphatic rings. The van der Waals surface area contributed by atoms with Crippen LogP contribution in [-0.4, -0.2) is 24.7 Å². The van der Waals surface area contributed by atoms with E-state index in [0.717, 1.165) is 25.7 Å². The Morgan fingerprint density at radius 3 is 2.52 bits per heavy atom. The minimum absolute atomic E-state index is 0.0155. The Kier molecular flexibility index (Phi) is 4.54. The number of aromatic nitrogens is 2. The third-order valence-electron chi connectivity index (χ3n) is 3.92. The van der Waals surface area contributed by atoms with E-state index < -0.39 is 10.0 Å². The van der Waals surface area contributed by atoms with Crippen LogP contribution in [0.5, 0.6) is 0 Å². The van der Waals surface area contributed by atoms with E-state index >= 15 is 0 Å². The van der Waals surface area contributed by atoms with Crippen LogP contribution in [0.4, 0.5) is 0 Å². The Morgan fingerprint density at radius 1 is 1.13 bits per heavy atom. The zero-order valence-corrected chi connectivity index (χ0v) is 14.1. The molecule has 8 heteroatoms. The highest BCUT2D eigenvalue weighted by Crippen LogP contribution is 2.26. The van der Waals surface area contributed by atoms with Gasteiger partial charge in [-0.25, -0.2) is 13.1 Å². The zero-order valence-electron chi connectivity index (χ0n) is 13.3. The number of hydrogen-bond acceptors (Lipinski definition) is 6. The average Bonchev–Trinajstić information content (AvgIpc) is 3.17. The van der Waals surface area contributed by atoms with E-state index in [1.54, 1.807) is 0 Å². The van der Waals surface area contributed by atoms with Crippen molar-refractivity contribution in [2.24, 2.45) is 0 Å². The Balaban J connectivity index is 1.77. The lowest BCUT2D eigenvalue weighted by molar-refractivity contribution is 0.397. The third kappa shape index (κ3) is 3.64. The lowest BCUT2D eigenvalue weighted by Crippen LogP contribution is -2.35. The van der Waals surface area contributed by atoms with Crippen molar-refractivity contribution in [2.75, 3.05) is 0 Å². The second kappa shape index (κ2) is 6.45. The van der Waals surface area contributed by atoms with E-state index in [1.165, 1.54) is 18.6 Å². The number of hydrogen-bond donors (Lipinski definition) is 1. The molecule has 2 aromatic heterocycles. The molecule has 2 heterocycles. The third-order valence-corrected chi connectivity index (χ3v) is 5.31. The van der Waals surface area contributed by atoms with Crippen LogP contribution in [0.1, 0.15) is 57.8 Å². The normalized spacial score (nSPS) is 17.0. The summed E-state index contributed by atoms with van der Waals surface area (Å²) in [5, 5.41) is 7.69. The lowest BCUT2D eigenvalue weighted by atomic mass is 9.96. The van der Waals surface area contributed by atoms with Crippen LogP contribution >= 0.6 is 0 Å². The van der Waals surface area contributed by atoms with Crippen molar-refractivity contribution in [2.45, 2.75) is 63.0 Å². The molecule has 7 nitrogen and oxygen atoms in total. The van der Waals surface area contributed by atoms with Crippen molar-refractivity contribution in [1.29, 1.82) is 0 Å². The van der Waals surface area contributed by atoms with Gasteiger partial charge in [0.15, 0.2) is 5.76 Å². The van der Waals surface area contributed by atoms with Gasteiger partial charge in [0.1, 0.15) is 0 Å². The lowest BCUT2D eigenvalue weighted by Gasteiger charge is -2.21. The quantitative estimate of drug-likeness (QED) is 0.899. The van der Waals surface area contributed by atoms with Crippen molar-refractivity contribution in [3.63, 3.8) is 0 Å². The summed E-state index contributed by atoms with van der Waals surface area (Å²) in [5.41, 5.74) is 0.